The molecule has 164 valence electrons. The molecule has 1 aliphatic carbocycles. The van der Waals surface area contributed by atoms with E-state index in [9.17, 15) is 0 Å². The van der Waals surface area contributed by atoms with E-state index in [-0.39, 0.29) is 36.2 Å². The maximum Gasteiger partial charge on any atom is 0.193 e. The molecule has 2 atom stereocenters. The summed E-state index contributed by atoms with van der Waals surface area (Å²) >= 11 is 0. The van der Waals surface area contributed by atoms with Gasteiger partial charge in [0.25, 0.3) is 0 Å². The lowest BCUT2D eigenvalue weighted by Gasteiger charge is -2.36. The summed E-state index contributed by atoms with van der Waals surface area (Å²) in [6, 6.07) is 4.23. The molecular formula is C21H36IN5O2. The highest BCUT2D eigenvalue weighted by Crippen LogP contribution is 2.28. The van der Waals surface area contributed by atoms with Crippen molar-refractivity contribution >= 4 is 35.8 Å². The van der Waals surface area contributed by atoms with Crippen LogP contribution in [-0.4, -0.2) is 75.0 Å². The van der Waals surface area contributed by atoms with Gasteiger partial charge < -0.3 is 24.6 Å². The van der Waals surface area contributed by atoms with Gasteiger partial charge in [-0.25, -0.2) is 4.98 Å². The third kappa shape index (κ3) is 7.90. The van der Waals surface area contributed by atoms with Crippen molar-refractivity contribution in [3.8, 4) is 0 Å². The van der Waals surface area contributed by atoms with Crippen LogP contribution in [0, 0.1) is 5.92 Å². The Labute approximate surface area is 192 Å². The number of aliphatic imine (C=N–C) groups is 1. The lowest BCUT2D eigenvalue weighted by atomic mass is 10.2. The maximum absolute atomic E-state index is 5.80. The summed E-state index contributed by atoms with van der Waals surface area (Å²) in [5.74, 6) is 2.69. The van der Waals surface area contributed by atoms with Gasteiger partial charge in [-0.15, -0.1) is 24.0 Å². The first-order valence-corrected chi connectivity index (χ1v) is 10.4. The second kappa shape index (κ2) is 11.9. The Balaban J connectivity index is 0.00000300. The van der Waals surface area contributed by atoms with Crippen molar-refractivity contribution in [2.75, 3.05) is 51.8 Å². The van der Waals surface area contributed by atoms with Crippen LogP contribution in [0.1, 0.15) is 32.3 Å². The van der Waals surface area contributed by atoms with E-state index in [0.717, 1.165) is 56.1 Å². The Bertz CT molecular complexity index is 628. The molecule has 2 heterocycles. The number of nitrogens with one attached hydrogen (secondary N) is 1. The number of hydrogen-bond acceptors (Lipinski definition) is 5. The van der Waals surface area contributed by atoms with Gasteiger partial charge in [-0.1, -0.05) is 6.07 Å². The molecule has 7 nitrogen and oxygen atoms in total. The highest BCUT2D eigenvalue weighted by molar-refractivity contribution is 14.0. The normalized spacial score (nSPS) is 22.2. The van der Waals surface area contributed by atoms with Gasteiger partial charge >= 0.3 is 0 Å². The van der Waals surface area contributed by atoms with Crippen LogP contribution in [0.3, 0.4) is 0 Å². The summed E-state index contributed by atoms with van der Waals surface area (Å²) in [6.45, 7) is 9.16. The number of pyridine rings is 1. The number of halogens is 1. The molecule has 0 amide bonds. The van der Waals surface area contributed by atoms with Crippen LogP contribution in [0.4, 0.5) is 5.82 Å². The summed E-state index contributed by atoms with van der Waals surface area (Å²) in [4.78, 5) is 13.4. The van der Waals surface area contributed by atoms with Crippen molar-refractivity contribution in [3.63, 3.8) is 0 Å². The molecule has 1 aromatic rings. The molecule has 2 aliphatic rings. The lowest BCUT2D eigenvalue weighted by molar-refractivity contribution is -0.00545. The SMILES string of the molecule is CN=C(NCc1ccc(N2CC(C)OC(C)C2)nc1)N(C)CCOCC1CC1.I. The van der Waals surface area contributed by atoms with Crippen LogP contribution in [0.2, 0.25) is 0 Å². The summed E-state index contributed by atoms with van der Waals surface area (Å²) in [5, 5.41) is 3.41. The van der Waals surface area contributed by atoms with E-state index in [4.69, 9.17) is 9.47 Å². The Morgan fingerprint density at radius 2 is 2.03 bits per heavy atom. The molecule has 1 N–H and O–H groups in total. The molecule has 0 bridgehead atoms. The molecule has 2 fully saturated rings. The largest absolute Gasteiger partial charge is 0.379 e. The summed E-state index contributed by atoms with van der Waals surface area (Å²) in [5.41, 5.74) is 1.14. The Hall–Kier alpha value is -1.13. The van der Waals surface area contributed by atoms with Gasteiger partial charge in [0.2, 0.25) is 0 Å². The molecule has 0 radical (unpaired) electrons. The van der Waals surface area contributed by atoms with Gasteiger partial charge in [-0.2, -0.15) is 0 Å². The van der Waals surface area contributed by atoms with Crippen molar-refractivity contribution in [2.24, 2.45) is 10.9 Å². The van der Waals surface area contributed by atoms with Crippen LogP contribution in [0.5, 0.6) is 0 Å². The molecule has 0 spiro atoms. The second-order valence-corrected chi connectivity index (χ2v) is 8.03. The number of rotatable bonds is 8. The molecule has 1 aliphatic heterocycles. The monoisotopic (exact) mass is 517 g/mol. The average Bonchev–Trinajstić information content (AvgIpc) is 3.50. The van der Waals surface area contributed by atoms with Crippen LogP contribution >= 0.6 is 24.0 Å². The van der Waals surface area contributed by atoms with Crippen molar-refractivity contribution < 1.29 is 9.47 Å². The Morgan fingerprint density at radius 1 is 1.31 bits per heavy atom. The number of aromatic nitrogens is 1. The van der Waals surface area contributed by atoms with E-state index < -0.39 is 0 Å². The number of likely N-dealkylation sites (N-methyl/N-ethyl adjacent to an activating group) is 1. The third-order valence-electron chi connectivity index (χ3n) is 5.20. The second-order valence-electron chi connectivity index (χ2n) is 8.03. The first-order valence-electron chi connectivity index (χ1n) is 10.4. The van der Waals surface area contributed by atoms with E-state index >= 15 is 0 Å². The predicted octanol–water partition coefficient (Wildman–Crippen LogP) is 2.75. The molecule has 2 unspecified atom stereocenters. The predicted molar refractivity (Wildman–Crippen MR) is 128 cm³/mol. The zero-order valence-corrected chi connectivity index (χ0v) is 20.5. The van der Waals surface area contributed by atoms with E-state index in [1.807, 2.05) is 20.3 Å². The summed E-state index contributed by atoms with van der Waals surface area (Å²) < 4.78 is 11.5. The molecule has 29 heavy (non-hydrogen) atoms. The standard InChI is InChI=1S/C21H35N5O2.HI/c1-16-13-26(14-17(2)28-16)20-8-7-19(11-23-20)12-24-21(22-3)25(4)9-10-27-15-18-5-6-18;/h7-8,11,16-18H,5-6,9-10,12-15H2,1-4H3,(H,22,24);1H. The fourth-order valence-corrected chi connectivity index (χ4v) is 3.48. The molecule has 1 aromatic heterocycles. The minimum absolute atomic E-state index is 0. The minimum atomic E-state index is 0. The van der Waals surface area contributed by atoms with Gasteiger partial charge in [0.15, 0.2) is 5.96 Å². The lowest BCUT2D eigenvalue weighted by Crippen LogP contribution is -2.45. The molecule has 1 saturated heterocycles. The van der Waals surface area contributed by atoms with Crippen molar-refractivity contribution in [1.82, 2.24) is 15.2 Å². The quantitative estimate of drug-likeness (QED) is 0.248. The number of guanidine groups is 1. The first-order chi connectivity index (χ1) is 13.5. The van der Waals surface area contributed by atoms with Crippen LogP contribution in [-0.2, 0) is 16.0 Å². The van der Waals surface area contributed by atoms with Gasteiger partial charge in [0, 0.05) is 53.1 Å². The van der Waals surface area contributed by atoms with E-state index in [1.165, 1.54) is 12.8 Å². The van der Waals surface area contributed by atoms with E-state index in [2.05, 4.69) is 51.1 Å². The molecule has 3 rings (SSSR count). The van der Waals surface area contributed by atoms with Crippen LogP contribution in [0.15, 0.2) is 23.3 Å². The zero-order chi connectivity index (χ0) is 19.9. The number of morpholine rings is 1. The van der Waals surface area contributed by atoms with E-state index in [1.54, 1.807) is 0 Å². The van der Waals surface area contributed by atoms with Crippen molar-refractivity contribution in [2.45, 2.75) is 45.4 Å². The van der Waals surface area contributed by atoms with Crippen LogP contribution < -0.4 is 10.2 Å². The number of anilines is 1. The van der Waals surface area contributed by atoms with Gasteiger partial charge in [0.1, 0.15) is 5.82 Å². The number of ether oxygens (including phenoxy) is 2. The fraction of sp³-hybridized carbons (Fsp3) is 0.714. The molecule has 8 heteroatoms. The topological polar surface area (TPSA) is 62.2 Å². The minimum Gasteiger partial charge on any atom is -0.379 e. The smallest absolute Gasteiger partial charge is 0.193 e. The zero-order valence-electron chi connectivity index (χ0n) is 18.1. The average molecular weight is 517 g/mol. The Kier molecular flexibility index (Phi) is 9.91. The Morgan fingerprint density at radius 3 is 2.62 bits per heavy atom. The highest BCUT2D eigenvalue weighted by atomic mass is 127. The molecule has 0 aromatic carbocycles. The first kappa shape index (κ1) is 24.1. The molecular weight excluding hydrogens is 481 g/mol. The number of nitrogens with zero attached hydrogens (tertiary/aromatic N) is 4. The fourth-order valence-electron chi connectivity index (χ4n) is 3.48. The third-order valence-corrected chi connectivity index (χ3v) is 5.20. The maximum atomic E-state index is 5.80. The number of hydrogen-bond donors (Lipinski definition) is 1. The van der Waals surface area contributed by atoms with Gasteiger partial charge in [-0.3, -0.25) is 4.99 Å². The summed E-state index contributed by atoms with van der Waals surface area (Å²) in [7, 11) is 3.85. The van der Waals surface area contributed by atoms with Crippen molar-refractivity contribution in [3.05, 3.63) is 23.9 Å². The van der Waals surface area contributed by atoms with Gasteiger partial charge in [0.05, 0.1) is 18.8 Å². The van der Waals surface area contributed by atoms with Crippen molar-refractivity contribution in [1.29, 1.82) is 0 Å². The molecule has 1 saturated carbocycles. The van der Waals surface area contributed by atoms with Crippen LogP contribution in [0.25, 0.3) is 0 Å². The highest BCUT2D eigenvalue weighted by Gasteiger charge is 2.23. The summed E-state index contributed by atoms with van der Waals surface area (Å²) in [6.07, 6.45) is 5.07. The van der Waals surface area contributed by atoms with Gasteiger partial charge in [-0.05, 0) is 44.2 Å². The van der Waals surface area contributed by atoms with E-state index in [0.29, 0.717) is 6.54 Å².